The molecule has 122 valence electrons. The van der Waals surface area contributed by atoms with Crippen molar-refractivity contribution in [1.82, 2.24) is 9.80 Å². The molecule has 7 heteroatoms. The first-order chi connectivity index (χ1) is 11.1. The average molecular weight is 317 g/mol. The molecule has 7 nitrogen and oxygen atoms in total. The lowest BCUT2D eigenvalue weighted by atomic mass is 10.1. The van der Waals surface area contributed by atoms with Gasteiger partial charge in [-0.25, -0.2) is 4.79 Å². The number of urea groups is 1. The van der Waals surface area contributed by atoms with Gasteiger partial charge in [0.25, 0.3) is 0 Å². The van der Waals surface area contributed by atoms with Crippen LogP contribution >= 0.6 is 0 Å². The molecule has 2 fully saturated rings. The number of nitrogens with one attached hydrogen (secondary N) is 1. The molecule has 0 saturated carbocycles. The number of amides is 4. The molecule has 2 aliphatic heterocycles. The number of nitrogens with zero attached hydrogens (tertiary/aromatic N) is 2. The molecule has 0 spiro atoms. The third-order valence-electron chi connectivity index (χ3n) is 4.03. The quantitative estimate of drug-likeness (QED) is 0.853. The number of likely N-dealkylation sites (tertiary alicyclic amines) is 2. The van der Waals surface area contributed by atoms with E-state index in [4.69, 9.17) is 4.74 Å². The lowest BCUT2D eigenvalue weighted by Crippen LogP contribution is -2.63. The maximum Gasteiger partial charge on any atom is 0.322 e. The molecule has 1 aromatic carbocycles. The van der Waals surface area contributed by atoms with Gasteiger partial charge in [0.05, 0.1) is 18.3 Å². The zero-order chi connectivity index (χ0) is 16.4. The minimum absolute atomic E-state index is 0.137. The van der Waals surface area contributed by atoms with E-state index in [1.54, 1.807) is 17.0 Å². The summed E-state index contributed by atoms with van der Waals surface area (Å²) in [6.07, 6.45) is 0.562. The van der Waals surface area contributed by atoms with Crippen molar-refractivity contribution in [2.45, 2.75) is 25.8 Å². The van der Waals surface area contributed by atoms with Crippen LogP contribution in [0.1, 0.15) is 19.8 Å². The zero-order valence-corrected chi connectivity index (χ0v) is 12.9. The van der Waals surface area contributed by atoms with Crippen molar-refractivity contribution < 1.29 is 19.1 Å². The molecule has 3 rings (SSSR count). The Morgan fingerprint density at radius 2 is 1.87 bits per heavy atom. The number of imide groups is 1. The van der Waals surface area contributed by atoms with Gasteiger partial charge in [-0.1, -0.05) is 12.1 Å². The fourth-order valence-corrected chi connectivity index (χ4v) is 2.83. The number of anilines is 1. The number of hydrogen-bond acceptors (Lipinski definition) is 4. The normalized spacial score (nSPS) is 18.1. The van der Waals surface area contributed by atoms with Gasteiger partial charge in [0.15, 0.2) is 0 Å². The first-order valence-electron chi connectivity index (χ1n) is 7.72. The predicted octanol–water partition coefficient (Wildman–Crippen LogP) is 1.45. The van der Waals surface area contributed by atoms with Crippen LogP contribution in [0.5, 0.6) is 5.75 Å². The van der Waals surface area contributed by atoms with Crippen LogP contribution in [0.3, 0.4) is 0 Å². The van der Waals surface area contributed by atoms with Crippen LogP contribution in [0.4, 0.5) is 10.5 Å². The Bertz CT molecular complexity index is 624. The predicted molar refractivity (Wildman–Crippen MR) is 83.1 cm³/mol. The molecule has 0 bridgehead atoms. The molecular weight excluding hydrogens is 298 g/mol. The summed E-state index contributed by atoms with van der Waals surface area (Å²) in [5.74, 6) is 0.342. The Morgan fingerprint density at radius 1 is 1.22 bits per heavy atom. The van der Waals surface area contributed by atoms with Gasteiger partial charge in [-0.15, -0.1) is 0 Å². The van der Waals surface area contributed by atoms with Crippen LogP contribution < -0.4 is 10.1 Å². The molecule has 2 saturated heterocycles. The molecule has 2 heterocycles. The second-order valence-electron chi connectivity index (χ2n) is 5.58. The second kappa shape index (κ2) is 6.28. The Labute approximate surface area is 134 Å². The van der Waals surface area contributed by atoms with Crippen molar-refractivity contribution in [1.29, 1.82) is 0 Å². The van der Waals surface area contributed by atoms with Crippen molar-refractivity contribution in [3.63, 3.8) is 0 Å². The van der Waals surface area contributed by atoms with Crippen LogP contribution in [0.15, 0.2) is 24.3 Å². The van der Waals surface area contributed by atoms with Gasteiger partial charge >= 0.3 is 6.03 Å². The number of rotatable bonds is 4. The Balaban J connectivity index is 1.57. The van der Waals surface area contributed by atoms with E-state index >= 15 is 0 Å². The van der Waals surface area contributed by atoms with Crippen LogP contribution in [-0.2, 0) is 9.59 Å². The number of ether oxygens (including phenoxy) is 1. The molecule has 1 N–H and O–H groups in total. The minimum atomic E-state index is -0.257. The molecule has 0 aromatic heterocycles. The summed E-state index contributed by atoms with van der Waals surface area (Å²) < 4.78 is 5.47. The lowest BCUT2D eigenvalue weighted by molar-refractivity contribution is -0.144. The fourth-order valence-electron chi connectivity index (χ4n) is 2.83. The number of carbonyl (C=O) groups excluding carboxylic acids is 3. The first kappa shape index (κ1) is 15.3. The van der Waals surface area contributed by atoms with Gasteiger partial charge in [-0.2, -0.15) is 0 Å². The van der Waals surface area contributed by atoms with Gasteiger partial charge in [0.2, 0.25) is 11.8 Å². The van der Waals surface area contributed by atoms with E-state index in [1.807, 2.05) is 19.1 Å². The van der Waals surface area contributed by atoms with Crippen molar-refractivity contribution in [3.05, 3.63) is 24.3 Å². The summed E-state index contributed by atoms with van der Waals surface area (Å²) >= 11 is 0. The summed E-state index contributed by atoms with van der Waals surface area (Å²) in [5.41, 5.74) is 0.608. The Morgan fingerprint density at radius 3 is 2.52 bits per heavy atom. The summed E-state index contributed by atoms with van der Waals surface area (Å²) in [4.78, 5) is 38.5. The van der Waals surface area contributed by atoms with Gasteiger partial charge in [0, 0.05) is 25.9 Å². The van der Waals surface area contributed by atoms with Crippen molar-refractivity contribution >= 4 is 23.5 Å². The smallest absolute Gasteiger partial charge is 0.322 e. The molecule has 1 aromatic rings. The van der Waals surface area contributed by atoms with Gasteiger partial charge < -0.3 is 15.0 Å². The summed E-state index contributed by atoms with van der Waals surface area (Å²) in [5, 5.41) is 2.80. The summed E-state index contributed by atoms with van der Waals surface area (Å²) in [6.45, 7) is 3.14. The maximum atomic E-state index is 12.2. The van der Waals surface area contributed by atoms with Gasteiger partial charge in [-0.3, -0.25) is 14.5 Å². The van der Waals surface area contributed by atoms with Gasteiger partial charge in [-0.05, 0) is 19.1 Å². The van der Waals surface area contributed by atoms with E-state index in [-0.39, 0.29) is 36.7 Å². The van der Waals surface area contributed by atoms with E-state index in [0.717, 1.165) is 0 Å². The van der Waals surface area contributed by atoms with Crippen molar-refractivity contribution in [3.8, 4) is 5.75 Å². The van der Waals surface area contributed by atoms with E-state index in [1.165, 1.54) is 4.90 Å². The third kappa shape index (κ3) is 2.99. The minimum Gasteiger partial charge on any atom is -0.492 e. The lowest BCUT2D eigenvalue weighted by Gasteiger charge is -2.42. The van der Waals surface area contributed by atoms with Crippen LogP contribution in [0.2, 0.25) is 0 Å². The van der Waals surface area contributed by atoms with E-state index < -0.39 is 0 Å². The fraction of sp³-hybridized carbons (Fsp3) is 0.438. The highest BCUT2D eigenvalue weighted by molar-refractivity contribution is 6.02. The van der Waals surface area contributed by atoms with Crippen LogP contribution in [0.25, 0.3) is 0 Å². The highest BCUT2D eigenvalue weighted by atomic mass is 16.5. The van der Waals surface area contributed by atoms with Crippen molar-refractivity contribution in [2.75, 3.05) is 25.0 Å². The molecule has 0 unspecified atom stereocenters. The topological polar surface area (TPSA) is 79.0 Å². The van der Waals surface area contributed by atoms with Crippen LogP contribution in [0, 0.1) is 0 Å². The molecule has 4 amide bonds. The van der Waals surface area contributed by atoms with E-state index in [0.29, 0.717) is 31.1 Å². The van der Waals surface area contributed by atoms with Crippen LogP contribution in [-0.4, -0.2) is 53.4 Å². The highest BCUT2D eigenvalue weighted by Gasteiger charge is 2.42. The SMILES string of the molecule is CCOc1ccccc1NC(=O)N1CC(N2C(=O)CCC2=O)C1. The monoisotopic (exact) mass is 317 g/mol. The van der Waals surface area contributed by atoms with E-state index in [2.05, 4.69) is 5.32 Å². The highest BCUT2D eigenvalue weighted by Crippen LogP contribution is 2.26. The Kier molecular flexibility index (Phi) is 4.18. The summed E-state index contributed by atoms with van der Waals surface area (Å²) in [6, 6.07) is 6.77. The molecule has 2 aliphatic rings. The maximum absolute atomic E-state index is 12.2. The third-order valence-corrected chi connectivity index (χ3v) is 4.03. The molecular formula is C16H19N3O4. The molecule has 0 atom stereocenters. The first-order valence-corrected chi connectivity index (χ1v) is 7.72. The largest absolute Gasteiger partial charge is 0.492 e. The van der Waals surface area contributed by atoms with E-state index in [9.17, 15) is 14.4 Å². The zero-order valence-electron chi connectivity index (χ0n) is 12.9. The standard InChI is InChI=1S/C16H19N3O4/c1-2-23-13-6-4-3-5-12(13)17-16(22)18-9-11(10-18)19-14(20)7-8-15(19)21/h3-6,11H,2,7-10H2,1H3,(H,17,22). The second-order valence-corrected chi connectivity index (χ2v) is 5.58. The number of carbonyl (C=O) groups is 3. The van der Waals surface area contributed by atoms with Gasteiger partial charge in [0.1, 0.15) is 5.75 Å². The Hall–Kier alpha value is -2.57. The summed E-state index contributed by atoms with van der Waals surface area (Å²) in [7, 11) is 0. The average Bonchev–Trinajstić information content (AvgIpc) is 2.80. The molecule has 0 aliphatic carbocycles. The number of benzene rings is 1. The number of para-hydroxylation sites is 2. The molecule has 0 radical (unpaired) electrons. The number of hydrogen-bond donors (Lipinski definition) is 1. The van der Waals surface area contributed by atoms with Crippen molar-refractivity contribution in [2.24, 2.45) is 0 Å². The molecule has 23 heavy (non-hydrogen) atoms.